The molecule has 0 spiro atoms. The predicted molar refractivity (Wildman–Crippen MR) is 77.8 cm³/mol. The number of nitrogens with two attached hydrogens (primary N) is 1. The van der Waals surface area contributed by atoms with Gasteiger partial charge in [0.25, 0.3) is 5.56 Å². The Morgan fingerprint density at radius 1 is 1.16 bits per heavy atom. The highest BCUT2D eigenvalue weighted by Gasteiger charge is 2.11. The van der Waals surface area contributed by atoms with Gasteiger partial charge in [0, 0.05) is 5.69 Å². The van der Waals surface area contributed by atoms with E-state index in [9.17, 15) is 4.79 Å². The van der Waals surface area contributed by atoms with Crippen molar-refractivity contribution in [3.63, 3.8) is 0 Å². The van der Waals surface area contributed by atoms with Gasteiger partial charge < -0.3 is 5.73 Å². The lowest BCUT2D eigenvalue weighted by atomic mass is 10.1. The number of nitrogen functional groups attached to an aromatic ring is 1. The number of nitrogens with zero attached hydrogens (tertiary/aromatic N) is 1. The number of anilines is 1. The highest BCUT2D eigenvalue weighted by molar-refractivity contribution is 5.91. The highest BCUT2D eigenvalue weighted by Crippen LogP contribution is 2.22. The molecule has 0 unspecified atom stereocenters. The van der Waals surface area contributed by atoms with Gasteiger partial charge in [-0.1, -0.05) is 18.2 Å². The van der Waals surface area contributed by atoms with Crippen LogP contribution in [-0.2, 0) is 0 Å². The summed E-state index contributed by atoms with van der Waals surface area (Å²) in [5.74, 6) is 0. The van der Waals surface area contributed by atoms with Crippen molar-refractivity contribution in [1.82, 2.24) is 9.78 Å². The number of H-pyrrole nitrogens is 1. The van der Waals surface area contributed by atoms with Gasteiger partial charge in [0.2, 0.25) is 0 Å². The average Bonchev–Trinajstić information content (AvgIpc) is 2.71. The lowest BCUT2D eigenvalue weighted by Crippen LogP contribution is -2.05. The van der Waals surface area contributed by atoms with Gasteiger partial charge in [-0.15, -0.1) is 0 Å². The molecule has 0 aliphatic rings. The van der Waals surface area contributed by atoms with Crippen LogP contribution in [0.3, 0.4) is 0 Å². The van der Waals surface area contributed by atoms with E-state index in [0.29, 0.717) is 11.1 Å². The van der Waals surface area contributed by atoms with Crippen molar-refractivity contribution in [3.8, 4) is 5.69 Å². The van der Waals surface area contributed by atoms with Crippen LogP contribution in [0.15, 0.2) is 41.2 Å². The summed E-state index contributed by atoms with van der Waals surface area (Å²) < 4.78 is 1.80. The predicted octanol–water partition coefficient (Wildman–Crippen LogP) is 2.52. The van der Waals surface area contributed by atoms with E-state index in [1.165, 1.54) is 0 Å². The summed E-state index contributed by atoms with van der Waals surface area (Å²) in [4.78, 5) is 12.0. The van der Waals surface area contributed by atoms with Crippen LogP contribution in [0.2, 0.25) is 0 Å². The van der Waals surface area contributed by atoms with Gasteiger partial charge in [-0.25, -0.2) is 0 Å². The molecule has 19 heavy (non-hydrogen) atoms. The van der Waals surface area contributed by atoms with Crippen LogP contribution < -0.4 is 11.3 Å². The fourth-order valence-electron chi connectivity index (χ4n) is 2.36. The minimum atomic E-state index is -0.158. The lowest BCUT2D eigenvalue weighted by molar-refractivity contribution is 0.882. The van der Waals surface area contributed by atoms with E-state index in [1.807, 2.05) is 38.1 Å². The third kappa shape index (κ3) is 1.73. The molecule has 4 heteroatoms. The molecule has 0 saturated heterocycles. The van der Waals surface area contributed by atoms with E-state index in [0.717, 1.165) is 22.3 Å². The zero-order chi connectivity index (χ0) is 13.6. The van der Waals surface area contributed by atoms with E-state index < -0.39 is 0 Å². The van der Waals surface area contributed by atoms with E-state index in [1.54, 1.807) is 10.7 Å². The summed E-state index contributed by atoms with van der Waals surface area (Å²) in [6.45, 7) is 4.05. The van der Waals surface area contributed by atoms with Crippen LogP contribution in [0.5, 0.6) is 0 Å². The molecule has 0 aliphatic carbocycles. The van der Waals surface area contributed by atoms with E-state index in [-0.39, 0.29) is 5.56 Å². The molecule has 0 saturated carbocycles. The molecule has 0 radical (unpaired) electrons. The van der Waals surface area contributed by atoms with Gasteiger partial charge in [0.1, 0.15) is 0 Å². The van der Waals surface area contributed by atoms with Crippen molar-refractivity contribution < 1.29 is 0 Å². The lowest BCUT2D eigenvalue weighted by Gasteiger charge is -2.09. The molecule has 3 N–H and O–H groups in total. The number of rotatable bonds is 1. The maximum absolute atomic E-state index is 12.0. The molecule has 2 aromatic carbocycles. The second kappa shape index (κ2) is 4.02. The third-order valence-electron chi connectivity index (χ3n) is 3.36. The van der Waals surface area contributed by atoms with Crippen LogP contribution in [0.25, 0.3) is 16.6 Å². The molecule has 0 aliphatic heterocycles. The van der Waals surface area contributed by atoms with Gasteiger partial charge >= 0.3 is 0 Å². The molecule has 3 rings (SSSR count). The van der Waals surface area contributed by atoms with Crippen LogP contribution >= 0.6 is 0 Å². The zero-order valence-corrected chi connectivity index (χ0v) is 10.9. The van der Waals surface area contributed by atoms with E-state index in [2.05, 4.69) is 11.2 Å². The first-order chi connectivity index (χ1) is 9.08. The van der Waals surface area contributed by atoms with Crippen LogP contribution in [-0.4, -0.2) is 9.78 Å². The number of fused-ring (bicyclic) bond motifs is 1. The first-order valence-corrected chi connectivity index (χ1v) is 6.15. The SMILES string of the molecule is Cc1ccc(C)c(-n2[nH]c(=O)c3c(N)cccc32)c1. The van der Waals surface area contributed by atoms with Crippen molar-refractivity contribution in [3.05, 3.63) is 57.9 Å². The molecular formula is C15H15N3O. The first-order valence-electron chi connectivity index (χ1n) is 6.15. The van der Waals surface area contributed by atoms with Gasteiger partial charge in [0.05, 0.1) is 16.6 Å². The monoisotopic (exact) mass is 253 g/mol. The van der Waals surface area contributed by atoms with Crippen LogP contribution in [0.1, 0.15) is 11.1 Å². The number of hydrogen-bond acceptors (Lipinski definition) is 2. The minimum absolute atomic E-state index is 0.158. The number of aromatic amines is 1. The average molecular weight is 253 g/mol. The Labute approximate surface area is 110 Å². The Morgan fingerprint density at radius 2 is 1.95 bits per heavy atom. The van der Waals surface area contributed by atoms with Crippen LogP contribution in [0, 0.1) is 13.8 Å². The fraction of sp³-hybridized carbons (Fsp3) is 0.133. The summed E-state index contributed by atoms with van der Waals surface area (Å²) in [6, 6.07) is 11.6. The smallest absolute Gasteiger partial charge is 0.274 e. The molecular weight excluding hydrogens is 238 g/mol. The maximum Gasteiger partial charge on any atom is 0.274 e. The molecule has 1 aromatic heterocycles. The van der Waals surface area contributed by atoms with Crippen LogP contribution in [0.4, 0.5) is 5.69 Å². The van der Waals surface area contributed by atoms with E-state index >= 15 is 0 Å². The molecule has 1 heterocycles. The largest absolute Gasteiger partial charge is 0.398 e. The van der Waals surface area contributed by atoms with Crippen molar-refractivity contribution >= 4 is 16.6 Å². The quantitative estimate of drug-likeness (QED) is 0.654. The number of aromatic nitrogens is 2. The van der Waals surface area contributed by atoms with Crippen molar-refractivity contribution in [1.29, 1.82) is 0 Å². The first kappa shape index (κ1) is 11.6. The Morgan fingerprint density at radius 3 is 2.74 bits per heavy atom. The summed E-state index contributed by atoms with van der Waals surface area (Å²) in [5.41, 5.74) is 10.2. The Hall–Kier alpha value is -2.49. The molecule has 4 nitrogen and oxygen atoms in total. The molecule has 3 aromatic rings. The molecule has 0 bridgehead atoms. The number of benzene rings is 2. The third-order valence-corrected chi connectivity index (χ3v) is 3.36. The number of aryl methyl sites for hydroxylation is 2. The second-order valence-corrected chi connectivity index (χ2v) is 4.81. The molecule has 0 amide bonds. The fourth-order valence-corrected chi connectivity index (χ4v) is 2.36. The Bertz CT molecular complexity index is 827. The maximum atomic E-state index is 12.0. The summed E-state index contributed by atoms with van der Waals surface area (Å²) >= 11 is 0. The Balaban J connectivity index is 2.41. The van der Waals surface area contributed by atoms with Gasteiger partial charge in [-0.05, 0) is 43.2 Å². The topological polar surface area (TPSA) is 63.8 Å². The highest BCUT2D eigenvalue weighted by atomic mass is 16.1. The molecule has 0 atom stereocenters. The number of hydrogen-bond donors (Lipinski definition) is 2. The Kier molecular flexibility index (Phi) is 2.45. The van der Waals surface area contributed by atoms with Crippen molar-refractivity contribution in [2.45, 2.75) is 13.8 Å². The molecule has 0 fully saturated rings. The van der Waals surface area contributed by atoms with Gasteiger partial charge in [-0.3, -0.25) is 14.6 Å². The van der Waals surface area contributed by atoms with Gasteiger partial charge in [-0.2, -0.15) is 0 Å². The summed E-state index contributed by atoms with van der Waals surface area (Å²) in [5, 5.41) is 3.40. The normalized spacial score (nSPS) is 11.1. The summed E-state index contributed by atoms with van der Waals surface area (Å²) in [6.07, 6.45) is 0. The second-order valence-electron chi connectivity index (χ2n) is 4.81. The van der Waals surface area contributed by atoms with Gasteiger partial charge in [0.15, 0.2) is 0 Å². The minimum Gasteiger partial charge on any atom is -0.398 e. The van der Waals surface area contributed by atoms with E-state index in [4.69, 9.17) is 5.73 Å². The zero-order valence-electron chi connectivity index (χ0n) is 10.9. The number of nitrogens with one attached hydrogen (secondary N) is 1. The standard InChI is InChI=1S/C15H15N3O/c1-9-6-7-10(2)13(8-9)18-12-5-3-4-11(16)14(12)15(19)17-18/h3-8H,16H2,1-2H3,(H,17,19). The van der Waals surface area contributed by atoms with Crippen molar-refractivity contribution in [2.75, 3.05) is 5.73 Å². The molecule has 96 valence electrons. The summed E-state index contributed by atoms with van der Waals surface area (Å²) in [7, 11) is 0. The van der Waals surface area contributed by atoms with Crippen molar-refractivity contribution in [2.24, 2.45) is 0 Å².